The molecule has 254 valence electrons. The molecule has 4 aromatic rings. The van der Waals surface area contributed by atoms with Crippen LogP contribution in [-0.2, 0) is 11.5 Å². The Morgan fingerprint density at radius 2 is 1.40 bits per heavy atom. The van der Waals surface area contributed by atoms with Crippen LogP contribution >= 0.6 is 0 Å². The molecule has 0 amide bonds. The summed E-state index contributed by atoms with van der Waals surface area (Å²) in [5, 5.41) is 28.9. The van der Waals surface area contributed by atoms with Crippen LogP contribution in [0.3, 0.4) is 0 Å². The van der Waals surface area contributed by atoms with Gasteiger partial charge in [0.1, 0.15) is 17.6 Å². The number of halogens is 6. The molecule has 1 aliphatic rings. The summed E-state index contributed by atoms with van der Waals surface area (Å²) >= 11 is 0. The van der Waals surface area contributed by atoms with Crippen molar-refractivity contribution in [3.05, 3.63) is 108 Å². The maximum Gasteiger partial charge on any atom is 0.391 e. The van der Waals surface area contributed by atoms with Gasteiger partial charge in [0.15, 0.2) is 5.60 Å². The van der Waals surface area contributed by atoms with Crippen molar-refractivity contribution >= 4 is 17.7 Å². The van der Waals surface area contributed by atoms with Crippen LogP contribution in [0.15, 0.2) is 85.2 Å². The third-order valence-corrected chi connectivity index (χ3v) is 8.25. The Balaban J connectivity index is 1.23. The zero-order valence-corrected chi connectivity index (χ0v) is 25.5. The molecule has 1 saturated heterocycles. The first-order valence-corrected chi connectivity index (χ1v) is 14.9. The minimum atomic E-state index is -4.49. The van der Waals surface area contributed by atoms with Crippen molar-refractivity contribution in [3.8, 4) is 11.1 Å². The molecule has 1 aliphatic heterocycles. The number of nitrogens with two attached hydrogens (primary N) is 1. The van der Waals surface area contributed by atoms with Crippen molar-refractivity contribution in [1.29, 1.82) is 5.41 Å². The lowest BCUT2D eigenvalue weighted by Crippen LogP contribution is -2.53. The molecule has 5 N–H and O–H groups in total. The maximum atomic E-state index is 15.9. The Kier molecular flexibility index (Phi) is 9.94. The van der Waals surface area contributed by atoms with E-state index in [1.807, 2.05) is 29.2 Å². The number of aromatic nitrogens is 2. The molecule has 2 unspecified atom stereocenters. The Bertz CT molecular complexity index is 1670. The Morgan fingerprint density at radius 1 is 0.812 bits per heavy atom. The normalized spacial score (nSPS) is 15.9. The summed E-state index contributed by atoms with van der Waals surface area (Å²) in [7, 11) is 0. The summed E-state index contributed by atoms with van der Waals surface area (Å²) in [4.78, 5) is 12.2. The van der Waals surface area contributed by atoms with Crippen LogP contribution in [0.2, 0.25) is 0 Å². The second kappa shape index (κ2) is 13.8. The number of nitrogens with zero attached hydrogens (tertiary/aromatic N) is 5. The van der Waals surface area contributed by atoms with E-state index in [2.05, 4.69) is 14.9 Å². The largest absolute Gasteiger partial charge is 0.391 e. The van der Waals surface area contributed by atoms with Gasteiger partial charge in [0.05, 0.1) is 36.9 Å². The van der Waals surface area contributed by atoms with E-state index in [0.717, 1.165) is 41.7 Å². The van der Waals surface area contributed by atoms with Crippen LogP contribution in [-0.4, -0.2) is 70.4 Å². The smallest absolute Gasteiger partial charge is 0.386 e. The van der Waals surface area contributed by atoms with Crippen LogP contribution in [0.5, 0.6) is 0 Å². The lowest BCUT2D eigenvalue weighted by atomic mass is 9.84. The number of rotatable bonds is 11. The molecule has 2 atom stereocenters. The van der Waals surface area contributed by atoms with Crippen LogP contribution in [0, 0.1) is 11.2 Å². The molecule has 3 heterocycles. The summed E-state index contributed by atoms with van der Waals surface area (Å²) in [5.74, 6) is 0.929. The van der Waals surface area contributed by atoms with Crippen molar-refractivity contribution in [1.82, 2.24) is 15.0 Å². The Morgan fingerprint density at radius 3 is 1.92 bits per heavy atom. The predicted molar refractivity (Wildman–Crippen MR) is 168 cm³/mol. The summed E-state index contributed by atoms with van der Waals surface area (Å²) in [5.41, 5.74) is -1.10. The monoisotopic (exact) mass is 673 g/mol. The SMILES string of the molecule is N=CN(N)CC(O)(c1ccc(F)cc1)C(F)(F)c1ccc(-c2ccc(N3CCN(c4ccc(C(O)CC(F)(F)F)nc4)CC3)cc2)cn1. The average Bonchev–Trinajstić information content (AvgIpc) is 3.08. The van der Waals surface area contributed by atoms with Crippen molar-refractivity contribution < 1.29 is 36.6 Å². The average molecular weight is 674 g/mol. The fourth-order valence-corrected chi connectivity index (χ4v) is 5.56. The number of anilines is 2. The minimum absolute atomic E-state index is 0.0400. The molecular formula is C33H33F6N7O2. The van der Waals surface area contributed by atoms with Crippen molar-refractivity contribution in [2.75, 3.05) is 42.5 Å². The number of benzene rings is 2. The van der Waals surface area contributed by atoms with Gasteiger partial charge in [0.25, 0.3) is 0 Å². The summed E-state index contributed by atoms with van der Waals surface area (Å²) < 4.78 is 83.1. The first kappa shape index (κ1) is 34.6. The van der Waals surface area contributed by atoms with Gasteiger partial charge in [0.2, 0.25) is 0 Å². The van der Waals surface area contributed by atoms with Crippen molar-refractivity contribution in [2.24, 2.45) is 5.84 Å². The summed E-state index contributed by atoms with van der Waals surface area (Å²) in [6, 6.07) is 17.0. The van der Waals surface area contributed by atoms with Gasteiger partial charge in [-0.2, -0.15) is 22.0 Å². The number of hydrazine groups is 1. The van der Waals surface area contributed by atoms with Crippen molar-refractivity contribution in [3.63, 3.8) is 0 Å². The third kappa shape index (κ3) is 7.53. The fourth-order valence-electron chi connectivity index (χ4n) is 5.56. The molecule has 2 aromatic carbocycles. The van der Waals surface area contributed by atoms with Gasteiger partial charge < -0.3 is 20.0 Å². The third-order valence-electron chi connectivity index (χ3n) is 8.25. The molecular weight excluding hydrogens is 640 g/mol. The van der Waals surface area contributed by atoms with E-state index in [0.29, 0.717) is 48.7 Å². The van der Waals surface area contributed by atoms with Gasteiger partial charge in [-0.3, -0.25) is 20.4 Å². The van der Waals surface area contributed by atoms with Crippen LogP contribution in [0.4, 0.5) is 37.7 Å². The zero-order valence-electron chi connectivity index (χ0n) is 25.5. The van der Waals surface area contributed by atoms with Crippen molar-refractivity contribution in [2.45, 2.75) is 30.2 Å². The molecule has 9 nitrogen and oxygen atoms in total. The molecule has 5 rings (SSSR count). The molecule has 0 aliphatic carbocycles. The number of nitrogens with one attached hydrogen (secondary N) is 1. The molecule has 0 radical (unpaired) electrons. The highest BCUT2D eigenvalue weighted by atomic mass is 19.4. The quantitative estimate of drug-likeness (QED) is 0.0552. The summed E-state index contributed by atoms with van der Waals surface area (Å²) in [6.07, 6.45) is -4.27. The van der Waals surface area contributed by atoms with E-state index in [-0.39, 0.29) is 11.3 Å². The molecule has 1 fully saturated rings. The van der Waals surface area contributed by atoms with E-state index in [1.54, 1.807) is 6.07 Å². The number of hydrogen-bond donors (Lipinski definition) is 4. The topological polar surface area (TPSA) is 126 Å². The van der Waals surface area contributed by atoms with Gasteiger partial charge >= 0.3 is 12.1 Å². The van der Waals surface area contributed by atoms with E-state index >= 15 is 8.78 Å². The van der Waals surface area contributed by atoms with Crippen LogP contribution in [0.25, 0.3) is 11.1 Å². The van der Waals surface area contributed by atoms with E-state index in [4.69, 9.17) is 11.3 Å². The molecule has 48 heavy (non-hydrogen) atoms. The van der Waals surface area contributed by atoms with Crippen LogP contribution in [0.1, 0.15) is 29.5 Å². The molecule has 0 bridgehead atoms. The maximum absolute atomic E-state index is 15.9. The minimum Gasteiger partial charge on any atom is -0.386 e. The van der Waals surface area contributed by atoms with Crippen LogP contribution < -0.4 is 15.6 Å². The first-order chi connectivity index (χ1) is 22.7. The number of alkyl halides is 5. The molecule has 15 heteroatoms. The Hall–Kier alpha value is -4.73. The highest BCUT2D eigenvalue weighted by Crippen LogP contribution is 2.45. The van der Waals surface area contributed by atoms with E-state index in [9.17, 15) is 27.8 Å². The van der Waals surface area contributed by atoms with Gasteiger partial charge in [-0.25, -0.2) is 10.2 Å². The number of aliphatic hydroxyl groups excluding tert-OH is 1. The Labute approximate surface area is 272 Å². The van der Waals surface area contributed by atoms with Gasteiger partial charge in [-0.1, -0.05) is 30.3 Å². The second-order valence-corrected chi connectivity index (χ2v) is 11.5. The van der Waals surface area contributed by atoms with E-state index < -0.39 is 48.3 Å². The number of hydrogen-bond acceptors (Lipinski definition) is 8. The lowest BCUT2D eigenvalue weighted by molar-refractivity contribution is -0.202. The summed E-state index contributed by atoms with van der Waals surface area (Å²) in [6.45, 7) is 1.68. The van der Waals surface area contributed by atoms with Gasteiger partial charge in [-0.05, 0) is 53.6 Å². The molecule has 0 spiro atoms. The highest BCUT2D eigenvalue weighted by Gasteiger charge is 2.56. The number of aliphatic hydroxyl groups is 2. The zero-order chi connectivity index (χ0) is 34.7. The first-order valence-electron chi connectivity index (χ1n) is 14.9. The van der Waals surface area contributed by atoms with Gasteiger partial charge in [-0.15, -0.1) is 0 Å². The number of piperazine rings is 1. The van der Waals surface area contributed by atoms with E-state index in [1.165, 1.54) is 24.5 Å². The fraction of sp³-hybridized carbons (Fsp3) is 0.303. The molecule has 0 saturated carbocycles. The number of pyridine rings is 2. The second-order valence-electron chi connectivity index (χ2n) is 11.5. The lowest BCUT2D eigenvalue weighted by Gasteiger charge is -2.37. The molecule has 2 aromatic heterocycles. The standard InChI is InChI=1S/C33H33F6N7O2/c34-25-6-4-24(5-7-25)31(48,20-46(41)21-40)33(38,39)30-12-3-23(18-43-30)22-1-8-26(9-2-22)44-13-15-45(16-14-44)27-10-11-28(42-19-27)29(47)17-32(35,36)37/h1-12,18-19,21,29,40,47-48H,13-17,20,41H2. The highest BCUT2D eigenvalue weighted by molar-refractivity contribution is 5.66. The predicted octanol–water partition coefficient (Wildman–Crippen LogP) is 5.36. The van der Waals surface area contributed by atoms with Gasteiger partial charge in [0, 0.05) is 43.6 Å².